The number of hydrogen-bond donors (Lipinski definition) is 3. The van der Waals surface area contributed by atoms with Crippen molar-refractivity contribution in [2.75, 3.05) is 11.9 Å². The van der Waals surface area contributed by atoms with Crippen molar-refractivity contribution in [3.05, 3.63) is 71.2 Å². The van der Waals surface area contributed by atoms with E-state index < -0.39 is 24.5 Å². The first-order valence-corrected chi connectivity index (χ1v) is 9.37. The number of aliphatic hydroxyl groups is 1. The van der Waals surface area contributed by atoms with Crippen LogP contribution in [0.5, 0.6) is 0 Å². The molecule has 0 spiro atoms. The van der Waals surface area contributed by atoms with Gasteiger partial charge < -0.3 is 15.7 Å². The lowest BCUT2D eigenvalue weighted by atomic mass is 9.95. The molecule has 27 heavy (non-hydrogen) atoms. The minimum absolute atomic E-state index is 0.319. The summed E-state index contributed by atoms with van der Waals surface area (Å²) in [7, 11) is 0. The van der Waals surface area contributed by atoms with Gasteiger partial charge in [0.05, 0.1) is 12.5 Å². The minimum Gasteiger partial charge on any atom is -0.394 e. The molecule has 2 amide bonds. The Kier molecular flexibility index (Phi) is 4.70. The largest absolute Gasteiger partial charge is 0.394 e. The maximum Gasteiger partial charge on any atom is 0.251 e. The molecule has 1 aliphatic rings. The Balaban J connectivity index is 1.58. The Morgan fingerprint density at radius 3 is 2.26 bits per heavy atom. The SMILES string of the molecule is O=C(N[C@@H](CO)C(=O)Nc1nccs1)C1c2ccccc2-c2ccccc21. The third-order valence-electron chi connectivity index (χ3n) is 4.57. The third-order valence-corrected chi connectivity index (χ3v) is 5.26. The molecule has 0 aliphatic heterocycles. The van der Waals surface area contributed by atoms with Crippen LogP contribution in [0.4, 0.5) is 5.13 Å². The predicted molar refractivity (Wildman–Crippen MR) is 103 cm³/mol. The van der Waals surface area contributed by atoms with Crippen molar-refractivity contribution in [2.24, 2.45) is 0 Å². The second-order valence-electron chi connectivity index (χ2n) is 6.18. The van der Waals surface area contributed by atoms with Crippen LogP contribution in [0.2, 0.25) is 0 Å². The Labute approximate surface area is 159 Å². The normalized spacial score (nSPS) is 13.5. The monoisotopic (exact) mass is 379 g/mol. The highest BCUT2D eigenvalue weighted by Crippen LogP contribution is 2.44. The summed E-state index contributed by atoms with van der Waals surface area (Å²) in [5.74, 6) is -1.33. The highest BCUT2D eigenvalue weighted by atomic mass is 32.1. The van der Waals surface area contributed by atoms with E-state index in [2.05, 4.69) is 15.6 Å². The highest BCUT2D eigenvalue weighted by molar-refractivity contribution is 7.13. The Hall–Kier alpha value is -3.03. The molecule has 6 nitrogen and oxygen atoms in total. The zero-order valence-corrected chi connectivity index (χ0v) is 15.1. The number of thiazole rings is 1. The average Bonchev–Trinajstić information content (AvgIpc) is 3.31. The molecule has 2 aromatic carbocycles. The van der Waals surface area contributed by atoms with E-state index in [0.29, 0.717) is 5.13 Å². The summed E-state index contributed by atoms with van der Waals surface area (Å²) in [5, 5.41) is 17.0. The number of anilines is 1. The number of nitrogens with one attached hydrogen (secondary N) is 2. The van der Waals surface area contributed by atoms with Crippen LogP contribution in [0.25, 0.3) is 11.1 Å². The second kappa shape index (κ2) is 7.30. The van der Waals surface area contributed by atoms with E-state index in [9.17, 15) is 14.7 Å². The first kappa shape index (κ1) is 17.4. The van der Waals surface area contributed by atoms with Gasteiger partial charge >= 0.3 is 0 Å². The van der Waals surface area contributed by atoms with Gasteiger partial charge in [0.25, 0.3) is 5.91 Å². The summed E-state index contributed by atoms with van der Waals surface area (Å²) in [6, 6.07) is 14.4. The van der Waals surface area contributed by atoms with Crippen molar-refractivity contribution in [2.45, 2.75) is 12.0 Å². The van der Waals surface area contributed by atoms with Crippen LogP contribution in [-0.4, -0.2) is 34.6 Å². The standard InChI is InChI=1S/C20H17N3O3S/c24-11-16(18(25)23-20-21-9-10-27-20)22-19(26)17-14-7-3-1-5-12(14)13-6-2-4-8-15(13)17/h1-10,16-17,24H,11H2,(H,22,26)(H,21,23,25)/t16-/m0/s1. The molecular formula is C20H17N3O3S. The van der Waals surface area contributed by atoms with Crippen LogP contribution < -0.4 is 10.6 Å². The highest BCUT2D eigenvalue weighted by Gasteiger charge is 2.35. The van der Waals surface area contributed by atoms with Gasteiger partial charge in [-0.05, 0) is 22.3 Å². The van der Waals surface area contributed by atoms with E-state index in [0.717, 1.165) is 22.3 Å². The average molecular weight is 379 g/mol. The number of amides is 2. The number of carbonyl (C=O) groups excluding carboxylic acids is 2. The van der Waals surface area contributed by atoms with Crippen molar-refractivity contribution < 1.29 is 14.7 Å². The molecule has 0 fully saturated rings. The van der Waals surface area contributed by atoms with Gasteiger partial charge in [-0.25, -0.2) is 4.98 Å². The lowest BCUT2D eigenvalue weighted by Gasteiger charge is -2.19. The van der Waals surface area contributed by atoms with Crippen molar-refractivity contribution in [3.63, 3.8) is 0 Å². The third kappa shape index (κ3) is 3.22. The molecule has 3 aromatic rings. The van der Waals surface area contributed by atoms with Gasteiger partial charge in [-0.15, -0.1) is 11.3 Å². The van der Waals surface area contributed by atoms with E-state index in [-0.39, 0.29) is 5.91 Å². The molecule has 1 aliphatic carbocycles. The molecule has 0 saturated carbocycles. The van der Waals surface area contributed by atoms with E-state index in [4.69, 9.17) is 0 Å². The maximum atomic E-state index is 13.0. The molecule has 0 saturated heterocycles. The lowest BCUT2D eigenvalue weighted by molar-refractivity contribution is -0.127. The topological polar surface area (TPSA) is 91.3 Å². The van der Waals surface area contributed by atoms with E-state index in [1.807, 2.05) is 48.5 Å². The molecule has 4 rings (SSSR count). The molecule has 1 heterocycles. The van der Waals surface area contributed by atoms with Crippen molar-refractivity contribution in [1.82, 2.24) is 10.3 Å². The Morgan fingerprint density at radius 2 is 1.70 bits per heavy atom. The summed E-state index contributed by atoms with van der Waals surface area (Å²) >= 11 is 1.27. The van der Waals surface area contributed by atoms with Crippen molar-refractivity contribution >= 4 is 28.3 Å². The predicted octanol–water partition coefficient (Wildman–Crippen LogP) is 2.37. The van der Waals surface area contributed by atoms with Crippen LogP contribution in [0.3, 0.4) is 0 Å². The molecular weight excluding hydrogens is 362 g/mol. The quantitative estimate of drug-likeness (QED) is 0.635. The van der Waals surface area contributed by atoms with Gasteiger partial charge in [0, 0.05) is 11.6 Å². The number of fused-ring (bicyclic) bond motifs is 3. The second-order valence-corrected chi connectivity index (χ2v) is 7.07. The summed E-state index contributed by atoms with van der Waals surface area (Å²) < 4.78 is 0. The zero-order chi connectivity index (χ0) is 18.8. The molecule has 7 heteroatoms. The van der Waals surface area contributed by atoms with Gasteiger partial charge in [0.2, 0.25) is 5.91 Å². The lowest BCUT2D eigenvalue weighted by Crippen LogP contribution is -2.47. The molecule has 0 bridgehead atoms. The Morgan fingerprint density at radius 1 is 1.07 bits per heavy atom. The van der Waals surface area contributed by atoms with Crippen LogP contribution in [0.1, 0.15) is 17.0 Å². The summed E-state index contributed by atoms with van der Waals surface area (Å²) in [6.45, 7) is -0.501. The fourth-order valence-electron chi connectivity index (χ4n) is 3.36. The van der Waals surface area contributed by atoms with E-state index in [1.165, 1.54) is 11.3 Å². The van der Waals surface area contributed by atoms with Gasteiger partial charge in [0.1, 0.15) is 6.04 Å². The fourth-order valence-corrected chi connectivity index (χ4v) is 3.90. The smallest absolute Gasteiger partial charge is 0.251 e. The van der Waals surface area contributed by atoms with Crippen LogP contribution in [0.15, 0.2) is 60.1 Å². The van der Waals surface area contributed by atoms with Crippen LogP contribution >= 0.6 is 11.3 Å². The van der Waals surface area contributed by atoms with Crippen LogP contribution in [-0.2, 0) is 9.59 Å². The van der Waals surface area contributed by atoms with Crippen molar-refractivity contribution in [1.29, 1.82) is 0 Å². The maximum absolute atomic E-state index is 13.0. The number of aliphatic hydroxyl groups excluding tert-OH is 1. The number of rotatable bonds is 5. The Bertz CT molecular complexity index is 942. The van der Waals surface area contributed by atoms with Crippen LogP contribution in [0, 0.1) is 0 Å². The van der Waals surface area contributed by atoms with Gasteiger partial charge in [-0.1, -0.05) is 48.5 Å². The first-order valence-electron chi connectivity index (χ1n) is 8.49. The van der Waals surface area contributed by atoms with Gasteiger partial charge in [-0.3, -0.25) is 9.59 Å². The fraction of sp³-hybridized carbons (Fsp3) is 0.150. The number of nitrogens with zero attached hydrogens (tertiary/aromatic N) is 1. The molecule has 3 N–H and O–H groups in total. The van der Waals surface area contributed by atoms with Crippen molar-refractivity contribution in [3.8, 4) is 11.1 Å². The van der Waals surface area contributed by atoms with Gasteiger partial charge in [-0.2, -0.15) is 0 Å². The van der Waals surface area contributed by atoms with E-state index >= 15 is 0 Å². The molecule has 0 unspecified atom stereocenters. The zero-order valence-electron chi connectivity index (χ0n) is 14.3. The number of hydrogen-bond acceptors (Lipinski definition) is 5. The molecule has 0 radical (unpaired) electrons. The first-order chi connectivity index (χ1) is 13.2. The van der Waals surface area contributed by atoms with Gasteiger partial charge in [0.15, 0.2) is 5.13 Å². The molecule has 136 valence electrons. The molecule has 1 atom stereocenters. The van der Waals surface area contributed by atoms with E-state index in [1.54, 1.807) is 11.6 Å². The number of benzene rings is 2. The summed E-state index contributed by atoms with van der Waals surface area (Å²) in [6.07, 6.45) is 1.57. The molecule has 1 aromatic heterocycles. The number of carbonyl (C=O) groups is 2. The summed E-state index contributed by atoms with van der Waals surface area (Å²) in [5.41, 5.74) is 3.82. The number of aromatic nitrogens is 1. The summed E-state index contributed by atoms with van der Waals surface area (Å²) in [4.78, 5) is 29.4. The minimum atomic E-state index is -1.05.